The number of hydrogen-bond acceptors (Lipinski definition) is 5. The maximum Gasteiger partial charge on any atom is 0.223 e. The van der Waals surface area contributed by atoms with E-state index in [1.54, 1.807) is 12.1 Å². The molecule has 0 atom stereocenters. The Labute approximate surface area is 96.4 Å². The molecule has 0 fully saturated rings. The Morgan fingerprint density at radius 3 is 1.80 bits per heavy atom. The molecule has 0 radical (unpaired) electrons. The van der Waals surface area contributed by atoms with E-state index < -0.39 is 0 Å². The van der Waals surface area contributed by atoms with Crippen LogP contribution in [0.25, 0.3) is 0 Å². The molecule has 1 rings (SSSR count). The summed E-state index contributed by atoms with van der Waals surface area (Å²) < 4.78 is 5.27. The molecule has 0 unspecified atom stereocenters. The van der Waals surface area contributed by atoms with Crippen LogP contribution in [-0.2, 0) is 0 Å². The van der Waals surface area contributed by atoms with Crippen molar-refractivity contribution in [2.24, 2.45) is 21.5 Å². The highest BCUT2D eigenvalue weighted by molar-refractivity contribution is 8.13. The molecule has 15 heavy (non-hydrogen) atoms. The van der Waals surface area contributed by atoms with E-state index in [9.17, 15) is 0 Å². The summed E-state index contributed by atoms with van der Waals surface area (Å²) in [5, 5.41) is 0.885. The van der Waals surface area contributed by atoms with Crippen molar-refractivity contribution in [3.63, 3.8) is 0 Å². The lowest BCUT2D eigenvalue weighted by Gasteiger charge is -1.92. The predicted molar refractivity (Wildman–Crippen MR) is 68.3 cm³/mol. The lowest BCUT2D eigenvalue weighted by Crippen LogP contribution is -2.04. The van der Waals surface area contributed by atoms with E-state index in [4.69, 9.17) is 15.9 Å². The van der Waals surface area contributed by atoms with Crippen molar-refractivity contribution in [3.8, 4) is 0 Å². The quantitative estimate of drug-likeness (QED) is 0.612. The van der Waals surface area contributed by atoms with Gasteiger partial charge in [-0.2, -0.15) is 9.98 Å². The lowest BCUT2D eigenvalue weighted by molar-refractivity contribution is 0.588. The maximum atomic E-state index is 5.53. The molecular formula is C8H12N4OS2. The van der Waals surface area contributed by atoms with Gasteiger partial charge in [0, 0.05) is 12.1 Å². The zero-order valence-corrected chi connectivity index (χ0v) is 10.1. The Balaban J connectivity index is 2.81. The Morgan fingerprint density at radius 1 is 1.07 bits per heavy atom. The molecule has 0 saturated carbocycles. The topological polar surface area (TPSA) is 89.9 Å². The average Bonchev–Trinajstić information content (AvgIpc) is 2.65. The van der Waals surface area contributed by atoms with Crippen LogP contribution in [0, 0.1) is 0 Å². The summed E-state index contributed by atoms with van der Waals surface area (Å²) >= 11 is 2.70. The number of hydrogen-bond donors (Lipinski definition) is 2. The molecule has 1 aromatic heterocycles. The molecule has 0 saturated heterocycles. The van der Waals surface area contributed by atoms with Gasteiger partial charge in [-0.15, -0.1) is 0 Å². The van der Waals surface area contributed by atoms with E-state index in [2.05, 4.69) is 9.98 Å². The molecule has 0 aliphatic heterocycles. The van der Waals surface area contributed by atoms with Crippen molar-refractivity contribution < 1.29 is 4.42 Å². The molecule has 0 spiro atoms. The minimum atomic E-state index is 0.425. The SMILES string of the molecule is CSC(N)=Nc1ccc(N=C(N)SC)o1. The number of amidine groups is 2. The number of nitrogens with zero attached hydrogens (tertiary/aromatic N) is 2. The highest BCUT2D eigenvalue weighted by Gasteiger charge is 2.00. The van der Waals surface area contributed by atoms with Gasteiger partial charge in [0.05, 0.1) is 0 Å². The van der Waals surface area contributed by atoms with Crippen molar-refractivity contribution in [3.05, 3.63) is 12.1 Å². The van der Waals surface area contributed by atoms with Crippen LogP contribution in [0.1, 0.15) is 0 Å². The lowest BCUT2D eigenvalue weighted by atomic mass is 10.6. The van der Waals surface area contributed by atoms with Gasteiger partial charge in [-0.3, -0.25) is 0 Å². The fourth-order valence-electron chi connectivity index (χ4n) is 0.746. The maximum absolute atomic E-state index is 5.53. The summed E-state index contributed by atoms with van der Waals surface area (Å²) in [5.74, 6) is 0.851. The van der Waals surface area contributed by atoms with E-state index in [0.29, 0.717) is 22.1 Å². The molecule has 7 heteroatoms. The van der Waals surface area contributed by atoms with Crippen molar-refractivity contribution in [2.45, 2.75) is 0 Å². The smallest absolute Gasteiger partial charge is 0.223 e. The van der Waals surface area contributed by atoms with Gasteiger partial charge < -0.3 is 15.9 Å². The molecule has 4 N–H and O–H groups in total. The van der Waals surface area contributed by atoms with E-state index in [1.165, 1.54) is 23.5 Å². The van der Waals surface area contributed by atoms with E-state index in [-0.39, 0.29) is 0 Å². The first-order chi connectivity index (χ1) is 7.15. The van der Waals surface area contributed by atoms with Gasteiger partial charge in [-0.1, -0.05) is 23.5 Å². The zero-order chi connectivity index (χ0) is 11.3. The molecule has 0 aromatic carbocycles. The fourth-order valence-corrected chi connectivity index (χ4v) is 1.11. The summed E-state index contributed by atoms with van der Waals surface area (Å²) in [6.45, 7) is 0. The van der Waals surface area contributed by atoms with Crippen LogP contribution in [0.15, 0.2) is 26.5 Å². The van der Waals surface area contributed by atoms with Crippen molar-refractivity contribution in [1.29, 1.82) is 0 Å². The molecule has 0 bridgehead atoms. The van der Waals surface area contributed by atoms with Crippen LogP contribution in [0.2, 0.25) is 0 Å². The van der Waals surface area contributed by atoms with Gasteiger partial charge in [-0.05, 0) is 12.5 Å². The summed E-state index contributed by atoms with van der Waals surface area (Å²) in [4.78, 5) is 8.01. The highest BCUT2D eigenvalue weighted by atomic mass is 32.2. The molecule has 1 heterocycles. The van der Waals surface area contributed by atoms with Gasteiger partial charge in [-0.25, -0.2) is 0 Å². The van der Waals surface area contributed by atoms with Gasteiger partial charge in [0.2, 0.25) is 11.8 Å². The van der Waals surface area contributed by atoms with Gasteiger partial charge in [0.15, 0.2) is 10.3 Å². The molecular weight excluding hydrogens is 232 g/mol. The summed E-state index contributed by atoms with van der Waals surface area (Å²) in [7, 11) is 0. The fraction of sp³-hybridized carbons (Fsp3) is 0.250. The third-order valence-electron chi connectivity index (χ3n) is 1.44. The summed E-state index contributed by atoms with van der Waals surface area (Å²) in [5.41, 5.74) is 11.1. The molecule has 0 aliphatic carbocycles. The first kappa shape index (κ1) is 12.0. The minimum absolute atomic E-state index is 0.425. The van der Waals surface area contributed by atoms with Crippen LogP contribution >= 0.6 is 23.5 Å². The van der Waals surface area contributed by atoms with E-state index in [0.717, 1.165) is 0 Å². The molecule has 5 nitrogen and oxygen atoms in total. The van der Waals surface area contributed by atoms with Crippen LogP contribution in [0.4, 0.5) is 11.8 Å². The van der Waals surface area contributed by atoms with Gasteiger partial charge >= 0.3 is 0 Å². The summed E-state index contributed by atoms with van der Waals surface area (Å²) in [6, 6.07) is 3.38. The van der Waals surface area contributed by atoms with Crippen LogP contribution in [-0.4, -0.2) is 22.8 Å². The summed E-state index contributed by atoms with van der Waals surface area (Å²) in [6.07, 6.45) is 3.68. The normalized spacial score (nSPS) is 13.2. The second-order valence-corrected chi connectivity index (χ2v) is 4.07. The number of furan rings is 1. The number of rotatable bonds is 2. The standard InChI is InChI=1S/C8H12N4OS2/c1-14-7(9)11-5-3-4-6(13-5)12-8(10)15-2/h3-4H,1-2H3,(H2,9,11)(H2,10,12). The largest absolute Gasteiger partial charge is 0.421 e. The third-order valence-corrected chi connectivity index (χ3v) is 2.46. The first-order valence-electron chi connectivity index (χ1n) is 4.02. The van der Waals surface area contributed by atoms with E-state index in [1.807, 2.05) is 12.5 Å². The Hall–Kier alpha value is -1.08. The number of nitrogens with two attached hydrogens (primary N) is 2. The Morgan fingerprint density at radius 2 is 1.47 bits per heavy atom. The Bertz CT molecular complexity index is 351. The number of thioether (sulfide) groups is 2. The molecule has 0 amide bonds. The molecule has 0 aliphatic rings. The third kappa shape index (κ3) is 3.88. The van der Waals surface area contributed by atoms with Gasteiger partial charge in [0.1, 0.15) is 0 Å². The minimum Gasteiger partial charge on any atom is -0.421 e. The highest BCUT2D eigenvalue weighted by Crippen LogP contribution is 2.24. The monoisotopic (exact) mass is 244 g/mol. The second-order valence-electron chi connectivity index (χ2n) is 2.42. The van der Waals surface area contributed by atoms with Crippen molar-refractivity contribution >= 4 is 45.6 Å². The van der Waals surface area contributed by atoms with Crippen LogP contribution in [0.5, 0.6) is 0 Å². The van der Waals surface area contributed by atoms with Gasteiger partial charge in [0.25, 0.3) is 0 Å². The second kappa shape index (κ2) is 5.72. The first-order valence-corrected chi connectivity index (χ1v) is 6.46. The molecule has 1 aromatic rings. The zero-order valence-electron chi connectivity index (χ0n) is 8.43. The van der Waals surface area contributed by atoms with Crippen molar-refractivity contribution in [2.75, 3.05) is 12.5 Å². The van der Waals surface area contributed by atoms with Crippen LogP contribution < -0.4 is 11.5 Å². The van der Waals surface area contributed by atoms with Crippen molar-refractivity contribution in [1.82, 2.24) is 0 Å². The molecule has 82 valence electrons. The Kier molecular flexibility index (Phi) is 4.57. The van der Waals surface area contributed by atoms with E-state index >= 15 is 0 Å². The van der Waals surface area contributed by atoms with Crippen LogP contribution in [0.3, 0.4) is 0 Å². The predicted octanol–water partition coefficient (Wildman–Crippen LogP) is 1.90. The average molecular weight is 244 g/mol. The number of aliphatic imine (C=N–C) groups is 2.